The Hall–Kier alpha value is -1.06. The highest BCUT2D eigenvalue weighted by atomic mass is 16.6. The summed E-state index contributed by atoms with van der Waals surface area (Å²) in [5, 5.41) is 35.9. The van der Waals surface area contributed by atoms with Crippen molar-refractivity contribution in [2.24, 2.45) is 0 Å². The summed E-state index contributed by atoms with van der Waals surface area (Å²) in [5.41, 5.74) is 0. The van der Waals surface area contributed by atoms with Gasteiger partial charge in [0.2, 0.25) is 0 Å². The monoisotopic (exact) mass is 239 g/mol. The van der Waals surface area contributed by atoms with E-state index in [0.717, 1.165) is 6.92 Å². The van der Waals surface area contributed by atoms with Gasteiger partial charge >= 0.3 is 5.97 Å². The van der Waals surface area contributed by atoms with Crippen molar-refractivity contribution in [2.75, 3.05) is 6.61 Å². The molecule has 0 unspecified atom stereocenters. The Morgan fingerprint density at radius 3 is 2.12 bits per heavy atom. The topological polar surface area (TPSA) is 159 Å². The number of hydrogen-bond acceptors (Lipinski definition) is 8. The summed E-state index contributed by atoms with van der Waals surface area (Å²) in [6.07, 6.45) is -6.62. The van der Waals surface area contributed by atoms with Gasteiger partial charge in [-0.2, -0.15) is 0 Å². The van der Waals surface area contributed by atoms with Crippen LogP contribution in [0, 0.1) is 0 Å². The molecule has 0 aliphatic carbocycles. The summed E-state index contributed by atoms with van der Waals surface area (Å²) in [7, 11) is 0. The Morgan fingerprint density at radius 1 is 1.31 bits per heavy atom. The van der Waals surface area contributed by atoms with Crippen LogP contribution in [0.2, 0.25) is 0 Å². The van der Waals surface area contributed by atoms with Crippen molar-refractivity contribution in [1.82, 2.24) is 6.15 Å². The van der Waals surface area contributed by atoms with Crippen LogP contribution in [0.4, 0.5) is 0 Å². The molecule has 0 aliphatic rings. The minimum atomic E-state index is -1.78. The van der Waals surface area contributed by atoms with Crippen molar-refractivity contribution < 1.29 is 34.8 Å². The van der Waals surface area contributed by atoms with Gasteiger partial charge in [-0.15, -0.1) is 0 Å². The van der Waals surface area contributed by atoms with Crippen LogP contribution in [0.5, 0.6) is 0 Å². The Bertz CT molecular complexity index is 222. The molecule has 0 aromatic heterocycles. The number of rotatable bonds is 6. The van der Waals surface area contributed by atoms with Gasteiger partial charge in [-0.25, -0.2) is 0 Å². The number of ether oxygens (including phenoxy) is 1. The highest BCUT2D eigenvalue weighted by molar-refractivity contribution is 5.70. The summed E-state index contributed by atoms with van der Waals surface area (Å²) < 4.78 is 4.37. The molecular formula is C8H17NO7. The molecule has 7 N–H and O–H groups in total. The lowest BCUT2D eigenvalue weighted by atomic mass is 10.0. The number of esters is 1. The number of aliphatic hydroxyl groups excluding tert-OH is 4. The van der Waals surface area contributed by atoms with Crippen molar-refractivity contribution in [1.29, 1.82) is 0 Å². The largest absolute Gasteiger partial charge is 0.452 e. The van der Waals surface area contributed by atoms with E-state index in [2.05, 4.69) is 4.74 Å². The van der Waals surface area contributed by atoms with Crippen LogP contribution in [-0.4, -0.2) is 63.7 Å². The first-order chi connectivity index (χ1) is 6.93. The quantitative estimate of drug-likeness (QED) is 0.248. The van der Waals surface area contributed by atoms with E-state index in [9.17, 15) is 19.8 Å². The predicted molar refractivity (Wildman–Crippen MR) is 51.7 cm³/mol. The molecular weight excluding hydrogens is 222 g/mol. The maximum atomic E-state index is 10.5. The lowest BCUT2D eigenvalue weighted by Crippen LogP contribution is -2.47. The fourth-order valence-electron chi connectivity index (χ4n) is 0.900. The molecule has 96 valence electrons. The minimum absolute atomic E-state index is 0. The van der Waals surface area contributed by atoms with Gasteiger partial charge in [0.1, 0.15) is 18.3 Å². The summed E-state index contributed by atoms with van der Waals surface area (Å²) >= 11 is 0. The van der Waals surface area contributed by atoms with Gasteiger partial charge in [-0.1, -0.05) is 0 Å². The van der Waals surface area contributed by atoms with Crippen LogP contribution >= 0.6 is 0 Å². The van der Waals surface area contributed by atoms with Crippen LogP contribution in [0.3, 0.4) is 0 Å². The Kier molecular flexibility index (Phi) is 8.81. The Labute approximate surface area is 92.0 Å². The number of carbonyl (C=O) groups is 2. The second kappa shape index (κ2) is 8.13. The van der Waals surface area contributed by atoms with Gasteiger partial charge < -0.3 is 31.3 Å². The number of carbonyl (C=O) groups excluding carboxylic acids is 2. The lowest BCUT2D eigenvalue weighted by molar-refractivity contribution is -0.166. The highest BCUT2D eigenvalue weighted by Gasteiger charge is 2.32. The summed E-state index contributed by atoms with van der Waals surface area (Å²) in [6.45, 7) is 0.238. The van der Waals surface area contributed by atoms with Crippen molar-refractivity contribution in [2.45, 2.75) is 31.3 Å². The van der Waals surface area contributed by atoms with E-state index in [1.165, 1.54) is 0 Å². The second-order valence-corrected chi connectivity index (χ2v) is 2.94. The van der Waals surface area contributed by atoms with Crippen LogP contribution in [-0.2, 0) is 14.3 Å². The van der Waals surface area contributed by atoms with E-state index < -0.39 is 37.0 Å². The first-order valence-corrected chi connectivity index (χ1v) is 4.21. The molecule has 0 amide bonds. The zero-order valence-electron chi connectivity index (χ0n) is 8.81. The van der Waals surface area contributed by atoms with Gasteiger partial charge in [0, 0.05) is 6.92 Å². The first-order valence-electron chi connectivity index (χ1n) is 4.21. The van der Waals surface area contributed by atoms with Crippen molar-refractivity contribution in [3.63, 3.8) is 0 Å². The molecule has 0 rings (SSSR count). The molecule has 0 spiro atoms. The molecule has 0 aromatic carbocycles. The summed E-state index contributed by atoms with van der Waals surface area (Å²) in [6, 6.07) is 0. The molecule has 8 heteroatoms. The molecule has 0 saturated heterocycles. The molecule has 0 aromatic rings. The van der Waals surface area contributed by atoms with E-state index in [1.54, 1.807) is 0 Å². The van der Waals surface area contributed by atoms with Crippen LogP contribution in [0.15, 0.2) is 0 Å². The number of hydrogen-bond donors (Lipinski definition) is 5. The van der Waals surface area contributed by atoms with Crippen molar-refractivity contribution in [3.8, 4) is 0 Å². The maximum Gasteiger partial charge on any atom is 0.303 e. The number of aldehydes is 1. The molecule has 0 radical (unpaired) electrons. The maximum absolute atomic E-state index is 10.5. The third kappa shape index (κ3) is 5.14. The smallest absolute Gasteiger partial charge is 0.303 e. The van der Waals surface area contributed by atoms with Crippen LogP contribution < -0.4 is 6.15 Å². The zero-order chi connectivity index (χ0) is 12.0. The third-order valence-electron chi connectivity index (χ3n) is 1.70. The van der Waals surface area contributed by atoms with Gasteiger partial charge in [0.25, 0.3) is 0 Å². The molecule has 0 saturated carbocycles. The van der Waals surface area contributed by atoms with Gasteiger partial charge in [0.15, 0.2) is 12.4 Å². The summed E-state index contributed by atoms with van der Waals surface area (Å²) in [4.78, 5) is 20.9. The predicted octanol–water partition coefficient (Wildman–Crippen LogP) is -2.65. The second-order valence-electron chi connectivity index (χ2n) is 2.94. The zero-order valence-corrected chi connectivity index (χ0v) is 8.81. The fourth-order valence-corrected chi connectivity index (χ4v) is 0.900. The molecule has 4 atom stereocenters. The molecule has 0 aliphatic heterocycles. The van der Waals surface area contributed by atoms with E-state index in [1.807, 2.05) is 0 Å². The van der Waals surface area contributed by atoms with Crippen molar-refractivity contribution >= 4 is 12.3 Å². The van der Waals surface area contributed by atoms with Gasteiger partial charge in [-0.05, 0) is 0 Å². The molecule has 0 fully saturated rings. The van der Waals surface area contributed by atoms with Crippen LogP contribution in [0.25, 0.3) is 0 Å². The molecule has 8 nitrogen and oxygen atoms in total. The molecule has 16 heavy (non-hydrogen) atoms. The van der Waals surface area contributed by atoms with Crippen molar-refractivity contribution in [3.05, 3.63) is 0 Å². The number of aliphatic hydroxyl groups is 4. The standard InChI is InChI=1S/C8H14O7.H3N/c1-4(11)15-6(3-10)8(14)7(13)5(12)2-9;/h3,5-9,12-14H,2H2,1H3;1H3/t5-,6+,7+,8-;/m1./s1. The molecule has 0 bridgehead atoms. The fraction of sp³-hybridized carbons (Fsp3) is 0.750. The minimum Gasteiger partial charge on any atom is -0.452 e. The normalized spacial score (nSPS) is 17.6. The third-order valence-corrected chi connectivity index (χ3v) is 1.70. The van der Waals surface area contributed by atoms with Gasteiger partial charge in [-0.3, -0.25) is 9.59 Å². The SMILES string of the molecule is CC(=O)O[C@@H](C=O)[C@@H](O)[C@@H](O)[C@H](O)CO.N. The summed E-state index contributed by atoms with van der Waals surface area (Å²) in [5.74, 6) is -0.808. The van der Waals surface area contributed by atoms with Crippen LogP contribution in [0.1, 0.15) is 6.92 Å². The average Bonchev–Trinajstić information content (AvgIpc) is 2.22. The lowest BCUT2D eigenvalue weighted by Gasteiger charge is -2.24. The Morgan fingerprint density at radius 2 is 1.81 bits per heavy atom. The van der Waals surface area contributed by atoms with Gasteiger partial charge in [0.05, 0.1) is 6.61 Å². The first kappa shape index (κ1) is 17.3. The Balaban J connectivity index is 0. The average molecular weight is 239 g/mol. The van der Waals surface area contributed by atoms with E-state index in [4.69, 9.17) is 10.2 Å². The highest BCUT2D eigenvalue weighted by Crippen LogP contribution is 2.06. The molecule has 0 heterocycles. The van der Waals surface area contributed by atoms with E-state index >= 15 is 0 Å². The van der Waals surface area contributed by atoms with E-state index in [0.29, 0.717) is 0 Å². The van der Waals surface area contributed by atoms with E-state index in [-0.39, 0.29) is 12.4 Å².